The number of piperidine rings is 1. The summed E-state index contributed by atoms with van der Waals surface area (Å²) in [5.41, 5.74) is 5.31. The van der Waals surface area contributed by atoms with Crippen LogP contribution in [-0.2, 0) is 6.54 Å². The number of aromatic nitrogens is 2. The normalized spacial score (nSPS) is 15.8. The predicted molar refractivity (Wildman–Crippen MR) is 122 cm³/mol. The van der Waals surface area contributed by atoms with Gasteiger partial charge in [-0.25, -0.2) is 4.98 Å². The van der Waals surface area contributed by atoms with Crippen LogP contribution in [-0.4, -0.2) is 57.5 Å². The number of hydrogen-bond acceptors (Lipinski definition) is 3. The zero-order valence-electron chi connectivity index (χ0n) is 18.5. The lowest BCUT2D eigenvalue weighted by molar-refractivity contribution is 0.0615. The molecule has 1 saturated heterocycles. The quantitative estimate of drug-likeness (QED) is 0.635. The zero-order valence-corrected chi connectivity index (χ0v) is 18.5. The Labute approximate surface area is 179 Å². The highest BCUT2D eigenvalue weighted by molar-refractivity contribution is 5.94. The van der Waals surface area contributed by atoms with Gasteiger partial charge in [0.2, 0.25) is 0 Å². The van der Waals surface area contributed by atoms with Crippen LogP contribution in [0.25, 0.3) is 11.0 Å². The van der Waals surface area contributed by atoms with Gasteiger partial charge in [0.1, 0.15) is 0 Å². The van der Waals surface area contributed by atoms with E-state index in [1.807, 2.05) is 30.4 Å². The second-order valence-electron chi connectivity index (χ2n) is 8.84. The highest BCUT2D eigenvalue weighted by atomic mass is 16.2. The lowest BCUT2D eigenvalue weighted by Gasteiger charge is -2.38. The van der Waals surface area contributed by atoms with Gasteiger partial charge >= 0.3 is 0 Å². The summed E-state index contributed by atoms with van der Waals surface area (Å²) >= 11 is 0. The zero-order chi connectivity index (χ0) is 21.3. The highest BCUT2D eigenvalue weighted by Crippen LogP contribution is 2.20. The van der Waals surface area contributed by atoms with Gasteiger partial charge in [0.05, 0.1) is 17.4 Å². The second kappa shape index (κ2) is 8.60. The summed E-state index contributed by atoms with van der Waals surface area (Å²) in [6, 6.07) is 15.3. The van der Waals surface area contributed by atoms with Gasteiger partial charge < -0.3 is 14.4 Å². The Morgan fingerprint density at radius 2 is 1.83 bits per heavy atom. The van der Waals surface area contributed by atoms with Crippen molar-refractivity contribution in [3.05, 3.63) is 65.5 Å². The number of rotatable bonds is 5. The van der Waals surface area contributed by atoms with Crippen LogP contribution in [0.1, 0.15) is 48.2 Å². The Morgan fingerprint density at radius 3 is 2.50 bits per heavy atom. The van der Waals surface area contributed by atoms with Gasteiger partial charge in [-0.15, -0.1) is 0 Å². The van der Waals surface area contributed by atoms with Crippen molar-refractivity contribution in [2.75, 3.05) is 20.1 Å². The number of carbonyl (C=O) groups excluding carboxylic acids is 1. The number of nitrogens with zero attached hydrogens (tertiary/aromatic N) is 4. The molecule has 4 rings (SSSR count). The molecule has 1 aliphatic heterocycles. The third kappa shape index (κ3) is 4.26. The number of benzene rings is 2. The predicted octanol–water partition coefficient (Wildman–Crippen LogP) is 4.34. The Hall–Kier alpha value is -2.66. The van der Waals surface area contributed by atoms with E-state index >= 15 is 0 Å². The Kier molecular flexibility index (Phi) is 5.91. The monoisotopic (exact) mass is 404 g/mol. The first-order valence-electron chi connectivity index (χ1n) is 10.9. The van der Waals surface area contributed by atoms with E-state index in [2.05, 4.69) is 65.6 Å². The van der Waals surface area contributed by atoms with Crippen LogP contribution in [0.15, 0.2) is 48.8 Å². The second-order valence-corrected chi connectivity index (χ2v) is 8.84. The molecule has 1 aromatic heterocycles. The van der Waals surface area contributed by atoms with Gasteiger partial charge in [-0.2, -0.15) is 0 Å². The van der Waals surface area contributed by atoms with Gasteiger partial charge in [-0.05, 0) is 69.0 Å². The highest BCUT2D eigenvalue weighted by Gasteiger charge is 2.26. The molecule has 1 aliphatic rings. The van der Waals surface area contributed by atoms with Gasteiger partial charge in [-0.3, -0.25) is 4.79 Å². The number of aryl methyl sites for hydroxylation is 1. The van der Waals surface area contributed by atoms with E-state index in [1.54, 1.807) is 0 Å². The molecule has 0 radical (unpaired) electrons. The lowest BCUT2D eigenvalue weighted by Crippen LogP contribution is -2.47. The molecule has 0 atom stereocenters. The van der Waals surface area contributed by atoms with Crippen LogP contribution >= 0.6 is 0 Å². The SMILES string of the molecule is Cc1ccc2ncn(Cc3ccc(C(=O)N(C)C4CCN(C(C)C)CC4)cc3)c2c1. The first-order chi connectivity index (χ1) is 14.4. The van der Waals surface area contributed by atoms with E-state index in [0.717, 1.165) is 49.1 Å². The minimum atomic E-state index is 0.119. The standard InChI is InChI=1S/C25H32N4O/c1-18(2)28-13-11-22(12-14-28)27(4)25(30)21-8-6-20(7-9-21)16-29-17-26-23-10-5-19(3)15-24(23)29/h5-10,15,17-18,22H,11-14,16H2,1-4H3. The summed E-state index contributed by atoms with van der Waals surface area (Å²) in [7, 11) is 1.95. The number of carbonyl (C=O) groups is 1. The molecule has 5 heteroatoms. The first-order valence-corrected chi connectivity index (χ1v) is 10.9. The molecule has 5 nitrogen and oxygen atoms in total. The molecule has 1 amide bonds. The largest absolute Gasteiger partial charge is 0.339 e. The maximum Gasteiger partial charge on any atom is 0.253 e. The van der Waals surface area contributed by atoms with Crippen molar-refractivity contribution >= 4 is 16.9 Å². The van der Waals surface area contributed by atoms with Crippen LogP contribution in [0, 0.1) is 6.92 Å². The molecule has 2 heterocycles. The van der Waals surface area contributed by atoms with Crippen molar-refractivity contribution in [1.29, 1.82) is 0 Å². The van der Waals surface area contributed by atoms with Gasteiger partial charge in [-0.1, -0.05) is 18.2 Å². The Balaban J connectivity index is 1.41. The molecule has 0 bridgehead atoms. The van der Waals surface area contributed by atoms with Crippen molar-refractivity contribution < 1.29 is 4.79 Å². The molecule has 0 aliphatic carbocycles. The molecular weight excluding hydrogens is 372 g/mol. The van der Waals surface area contributed by atoms with E-state index in [1.165, 1.54) is 11.1 Å². The smallest absolute Gasteiger partial charge is 0.253 e. The summed E-state index contributed by atoms with van der Waals surface area (Å²) in [6.07, 6.45) is 3.98. The maximum absolute atomic E-state index is 13.0. The molecule has 0 saturated carbocycles. The summed E-state index contributed by atoms with van der Waals surface area (Å²) in [5, 5.41) is 0. The fourth-order valence-electron chi connectivity index (χ4n) is 4.40. The number of hydrogen-bond donors (Lipinski definition) is 0. The fourth-order valence-corrected chi connectivity index (χ4v) is 4.40. The van der Waals surface area contributed by atoms with E-state index in [4.69, 9.17) is 0 Å². The molecule has 30 heavy (non-hydrogen) atoms. The summed E-state index contributed by atoms with van der Waals surface area (Å²) in [5.74, 6) is 0.119. The van der Waals surface area contributed by atoms with Crippen molar-refractivity contribution in [3.63, 3.8) is 0 Å². The van der Waals surface area contributed by atoms with Crippen LogP contribution in [0.4, 0.5) is 0 Å². The maximum atomic E-state index is 13.0. The molecule has 0 spiro atoms. The summed E-state index contributed by atoms with van der Waals surface area (Å²) in [6.45, 7) is 9.46. The van der Waals surface area contributed by atoms with E-state index in [0.29, 0.717) is 12.1 Å². The van der Waals surface area contributed by atoms with Crippen LogP contribution in [0.5, 0.6) is 0 Å². The Morgan fingerprint density at radius 1 is 1.13 bits per heavy atom. The van der Waals surface area contributed by atoms with Crippen LogP contribution < -0.4 is 0 Å². The minimum Gasteiger partial charge on any atom is -0.339 e. The molecule has 0 N–H and O–H groups in total. The van der Waals surface area contributed by atoms with E-state index in [9.17, 15) is 4.79 Å². The first kappa shape index (κ1) is 20.6. The van der Waals surface area contributed by atoms with Crippen molar-refractivity contribution in [2.24, 2.45) is 0 Å². The Bertz CT molecular complexity index is 1010. The minimum absolute atomic E-state index is 0.119. The third-order valence-electron chi connectivity index (χ3n) is 6.43. The van der Waals surface area contributed by atoms with E-state index < -0.39 is 0 Å². The van der Waals surface area contributed by atoms with Gasteiger partial charge in [0.15, 0.2) is 0 Å². The summed E-state index contributed by atoms with van der Waals surface area (Å²) in [4.78, 5) is 21.9. The number of fused-ring (bicyclic) bond motifs is 1. The molecule has 158 valence electrons. The molecule has 1 fully saturated rings. The lowest BCUT2D eigenvalue weighted by atomic mass is 10.0. The van der Waals surface area contributed by atoms with Crippen LogP contribution in [0.3, 0.4) is 0 Å². The fraction of sp³-hybridized carbons (Fsp3) is 0.440. The van der Waals surface area contributed by atoms with Crippen molar-refractivity contribution in [1.82, 2.24) is 19.4 Å². The molecule has 0 unspecified atom stereocenters. The molecule has 3 aromatic rings. The average Bonchev–Trinajstić information content (AvgIpc) is 3.15. The number of imidazole rings is 1. The average molecular weight is 405 g/mol. The van der Waals surface area contributed by atoms with Crippen LogP contribution in [0.2, 0.25) is 0 Å². The third-order valence-corrected chi connectivity index (χ3v) is 6.43. The summed E-state index contributed by atoms with van der Waals surface area (Å²) < 4.78 is 2.16. The number of likely N-dealkylation sites (tertiary alicyclic amines) is 1. The topological polar surface area (TPSA) is 41.4 Å². The van der Waals surface area contributed by atoms with E-state index in [-0.39, 0.29) is 5.91 Å². The van der Waals surface area contributed by atoms with Crippen molar-refractivity contribution in [3.8, 4) is 0 Å². The molecule has 2 aromatic carbocycles. The van der Waals surface area contributed by atoms with Crippen molar-refractivity contribution in [2.45, 2.75) is 52.2 Å². The van der Waals surface area contributed by atoms with Gasteiger partial charge in [0.25, 0.3) is 5.91 Å². The van der Waals surface area contributed by atoms with Gasteiger partial charge in [0, 0.05) is 44.3 Å². The number of amides is 1. The molecular formula is C25H32N4O.